The van der Waals surface area contributed by atoms with Crippen LogP contribution in [0, 0.1) is 5.92 Å². The van der Waals surface area contributed by atoms with E-state index in [1.807, 2.05) is 6.92 Å². The molecular formula is C19H22N6O3. The van der Waals surface area contributed by atoms with E-state index in [4.69, 9.17) is 11.5 Å². The van der Waals surface area contributed by atoms with E-state index in [1.54, 1.807) is 12.1 Å². The van der Waals surface area contributed by atoms with Crippen LogP contribution in [0.15, 0.2) is 36.8 Å². The Hall–Kier alpha value is -3.49. The summed E-state index contributed by atoms with van der Waals surface area (Å²) in [4.78, 5) is 46.4. The minimum absolute atomic E-state index is 0.140. The molecule has 2 aromatic rings. The Morgan fingerprint density at radius 3 is 2.64 bits per heavy atom. The number of nitrogen functional groups attached to an aromatic ring is 1. The lowest BCUT2D eigenvalue weighted by Crippen LogP contribution is -2.46. The minimum Gasteiger partial charge on any atom is -0.397 e. The fourth-order valence-corrected chi connectivity index (χ4v) is 3.26. The van der Waals surface area contributed by atoms with E-state index in [-0.39, 0.29) is 23.2 Å². The number of hydrogen-bond acceptors (Lipinski definition) is 6. The molecule has 1 saturated heterocycles. The maximum absolute atomic E-state index is 12.9. The van der Waals surface area contributed by atoms with Gasteiger partial charge in [-0.1, -0.05) is 6.92 Å². The molecule has 0 bridgehead atoms. The number of amides is 3. The molecule has 9 heteroatoms. The summed E-state index contributed by atoms with van der Waals surface area (Å²) in [6.45, 7) is 2.48. The van der Waals surface area contributed by atoms with E-state index in [2.05, 4.69) is 15.3 Å². The van der Waals surface area contributed by atoms with Crippen molar-refractivity contribution in [3.05, 3.63) is 48.0 Å². The molecule has 9 nitrogen and oxygen atoms in total. The number of piperidine rings is 1. The number of carbonyl (C=O) groups is 3. The number of carbonyl (C=O) groups excluding carboxylic acids is 3. The van der Waals surface area contributed by atoms with Crippen LogP contribution in [0.25, 0.3) is 0 Å². The fraction of sp³-hybridized carbons (Fsp3) is 0.316. The number of likely N-dealkylation sites (tertiary alicyclic amines) is 1. The second-order valence-electron chi connectivity index (χ2n) is 6.95. The van der Waals surface area contributed by atoms with Gasteiger partial charge < -0.3 is 21.7 Å². The molecule has 28 heavy (non-hydrogen) atoms. The van der Waals surface area contributed by atoms with E-state index in [0.29, 0.717) is 24.3 Å². The van der Waals surface area contributed by atoms with Crippen LogP contribution in [0.4, 0.5) is 11.4 Å². The van der Waals surface area contributed by atoms with E-state index in [1.165, 1.54) is 29.6 Å². The summed E-state index contributed by atoms with van der Waals surface area (Å²) in [6, 6.07) is 4.57. The first kappa shape index (κ1) is 19.3. The van der Waals surface area contributed by atoms with Gasteiger partial charge in [-0.25, -0.2) is 0 Å². The van der Waals surface area contributed by atoms with Crippen LogP contribution in [0.2, 0.25) is 0 Å². The molecule has 5 N–H and O–H groups in total. The zero-order valence-corrected chi connectivity index (χ0v) is 15.5. The van der Waals surface area contributed by atoms with Crippen molar-refractivity contribution in [3.63, 3.8) is 0 Å². The van der Waals surface area contributed by atoms with Crippen molar-refractivity contribution in [1.82, 2.24) is 14.9 Å². The molecule has 1 fully saturated rings. The number of anilines is 2. The van der Waals surface area contributed by atoms with Crippen molar-refractivity contribution in [2.75, 3.05) is 17.6 Å². The van der Waals surface area contributed by atoms with E-state index < -0.39 is 17.7 Å². The highest BCUT2D eigenvalue weighted by Gasteiger charge is 2.35. The van der Waals surface area contributed by atoms with E-state index in [0.717, 1.165) is 6.42 Å². The molecule has 0 spiro atoms. The largest absolute Gasteiger partial charge is 0.397 e. The Bertz CT molecular complexity index is 899. The monoisotopic (exact) mass is 382 g/mol. The number of nitrogens with zero attached hydrogens (tertiary/aromatic N) is 3. The van der Waals surface area contributed by atoms with E-state index in [9.17, 15) is 14.4 Å². The van der Waals surface area contributed by atoms with Crippen molar-refractivity contribution >= 4 is 29.1 Å². The number of hydrogen-bond donors (Lipinski definition) is 3. The predicted octanol–water partition coefficient (Wildman–Crippen LogP) is 1.10. The maximum Gasteiger partial charge on any atom is 0.313 e. The summed E-state index contributed by atoms with van der Waals surface area (Å²) in [5.74, 6) is -1.88. The summed E-state index contributed by atoms with van der Waals surface area (Å²) in [7, 11) is 0. The molecule has 0 aromatic carbocycles. The number of pyridine rings is 2. The second-order valence-corrected chi connectivity index (χ2v) is 6.95. The average molecular weight is 382 g/mol. The Morgan fingerprint density at radius 2 is 1.96 bits per heavy atom. The number of primary amides is 1. The van der Waals surface area contributed by atoms with Crippen LogP contribution >= 0.6 is 0 Å². The van der Waals surface area contributed by atoms with Gasteiger partial charge in [0.1, 0.15) is 0 Å². The molecule has 0 saturated carbocycles. The average Bonchev–Trinajstić information content (AvgIpc) is 2.68. The van der Waals surface area contributed by atoms with Gasteiger partial charge in [0.05, 0.1) is 41.1 Å². The number of nitrogens with two attached hydrogens (primary N) is 2. The van der Waals surface area contributed by atoms with Gasteiger partial charge in [-0.2, -0.15) is 0 Å². The molecule has 3 rings (SSSR count). The quantitative estimate of drug-likeness (QED) is 0.678. The highest BCUT2D eigenvalue weighted by atomic mass is 16.2. The third-order valence-corrected chi connectivity index (χ3v) is 4.70. The SMILES string of the molecule is CC1CCC(c2ccc(N)cn2)N(C(=O)C(=O)Nc2cncc(C(N)=O)c2)C1. The minimum atomic E-state index is -0.807. The van der Waals surface area contributed by atoms with Crippen LogP contribution in [-0.2, 0) is 9.59 Å². The first-order chi connectivity index (χ1) is 13.3. The predicted molar refractivity (Wildman–Crippen MR) is 103 cm³/mol. The molecule has 1 aliphatic heterocycles. The summed E-state index contributed by atoms with van der Waals surface area (Å²) >= 11 is 0. The van der Waals surface area contributed by atoms with Crippen LogP contribution in [0.5, 0.6) is 0 Å². The Morgan fingerprint density at radius 1 is 1.18 bits per heavy atom. The van der Waals surface area contributed by atoms with Gasteiger partial charge in [0.15, 0.2) is 0 Å². The molecule has 3 amide bonds. The Labute approximate surface area is 162 Å². The van der Waals surface area contributed by atoms with Gasteiger partial charge in [0.2, 0.25) is 5.91 Å². The standard InChI is InChI=1S/C19H22N6O3/c1-11-2-5-16(15-4-3-13(20)8-23-15)25(10-11)19(28)18(27)24-14-6-12(17(21)26)7-22-9-14/h3-4,6-9,11,16H,2,5,10,20H2,1H3,(H2,21,26)(H,24,27). The van der Waals surface area contributed by atoms with Crippen molar-refractivity contribution in [2.45, 2.75) is 25.8 Å². The molecule has 2 aromatic heterocycles. The van der Waals surface area contributed by atoms with Crippen molar-refractivity contribution < 1.29 is 14.4 Å². The highest BCUT2D eigenvalue weighted by molar-refractivity contribution is 6.39. The molecule has 1 aliphatic rings. The van der Waals surface area contributed by atoms with Gasteiger partial charge >= 0.3 is 11.8 Å². The molecule has 146 valence electrons. The molecule has 0 aliphatic carbocycles. The summed E-state index contributed by atoms with van der Waals surface area (Å²) in [5, 5.41) is 2.49. The topological polar surface area (TPSA) is 144 Å². The Kier molecular flexibility index (Phi) is 5.53. The molecule has 0 radical (unpaired) electrons. The second kappa shape index (κ2) is 8.03. The van der Waals surface area contributed by atoms with Gasteiger partial charge in [0, 0.05) is 12.7 Å². The lowest BCUT2D eigenvalue weighted by molar-refractivity contribution is -0.146. The number of rotatable bonds is 3. The molecule has 3 heterocycles. The third kappa shape index (κ3) is 4.25. The maximum atomic E-state index is 12.9. The lowest BCUT2D eigenvalue weighted by atomic mass is 9.92. The first-order valence-corrected chi connectivity index (χ1v) is 8.93. The molecule has 2 unspecified atom stereocenters. The number of nitrogens with one attached hydrogen (secondary N) is 1. The van der Waals surface area contributed by atoms with Gasteiger partial charge in [-0.15, -0.1) is 0 Å². The van der Waals surface area contributed by atoms with E-state index >= 15 is 0 Å². The van der Waals surface area contributed by atoms with Crippen molar-refractivity contribution in [2.24, 2.45) is 11.7 Å². The van der Waals surface area contributed by atoms with Crippen LogP contribution in [-0.4, -0.2) is 39.1 Å². The normalized spacial score (nSPS) is 19.1. The summed E-state index contributed by atoms with van der Waals surface area (Å²) in [5.41, 5.74) is 12.5. The number of aromatic nitrogens is 2. The van der Waals surface area contributed by atoms with Gasteiger partial charge in [-0.05, 0) is 37.0 Å². The van der Waals surface area contributed by atoms with Crippen LogP contribution < -0.4 is 16.8 Å². The Balaban J connectivity index is 1.79. The summed E-state index contributed by atoms with van der Waals surface area (Å²) < 4.78 is 0. The summed E-state index contributed by atoms with van der Waals surface area (Å²) in [6.07, 6.45) is 5.80. The first-order valence-electron chi connectivity index (χ1n) is 8.93. The fourth-order valence-electron chi connectivity index (χ4n) is 3.26. The van der Waals surface area contributed by atoms with Crippen molar-refractivity contribution in [1.29, 1.82) is 0 Å². The zero-order chi connectivity index (χ0) is 20.3. The van der Waals surface area contributed by atoms with Crippen molar-refractivity contribution in [3.8, 4) is 0 Å². The zero-order valence-electron chi connectivity index (χ0n) is 15.5. The smallest absolute Gasteiger partial charge is 0.313 e. The van der Waals surface area contributed by atoms with Gasteiger partial charge in [-0.3, -0.25) is 24.4 Å². The lowest BCUT2D eigenvalue weighted by Gasteiger charge is -2.37. The van der Waals surface area contributed by atoms with Crippen LogP contribution in [0.1, 0.15) is 41.9 Å². The molecule has 2 atom stereocenters. The molecular weight excluding hydrogens is 360 g/mol. The van der Waals surface area contributed by atoms with Crippen LogP contribution in [0.3, 0.4) is 0 Å². The highest BCUT2D eigenvalue weighted by Crippen LogP contribution is 2.32. The third-order valence-electron chi connectivity index (χ3n) is 4.70. The van der Waals surface area contributed by atoms with Gasteiger partial charge in [0.25, 0.3) is 0 Å².